The van der Waals surface area contributed by atoms with Crippen molar-refractivity contribution in [1.29, 1.82) is 0 Å². The van der Waals surface area contributed by atoms with Gasteiger partial charge in [-0.2, -0.15) is 5.10 Å². The molecule has 140 valence electrons. The number of esters is 1. The molecule has 0 fully saturated rings. The quantitative estimate of drug-likeness (QED) is 0.513. The van der Waals surface area contributed by atoms with Crippen LogP contribution >= 0.6 is 0 Å². The lowest BCUT2D eigenvalue weighted by atomic mass is 10.1. The van der Waals surface area contributed by atoms with E-state index in [1.807, 2.05) is 68.8 Å². The molecule has 0 saturated heterocycles. The van der Waals surface area contributed by atoms with Crippen LogP contribution in [0.4, 0.5) is 0 Å². The van der Waals surface area contributed by atoms with Crippen molar-refractivity contribution in [2.45, 2.75) is 27.7 Å². The molecule has 2 heterocycles. The van der Waals surface area contributed by atoms with Gasteiger partial charge in [-0.1, -0.05) is 18.2 Å². The molecule has 0 N–H and O–H groups in total. The Morgan fingerprint density at radius 2 is 1.70 bits per heavy atom. The van der Waals surface area contributed by atoms with Crippen molar-refractivity contribution in [3.63, 3.8) is 0 Å². The van der Waals surface area contributed by atoms with Crippen LogP contribution in [-0.4, -0.2) is 32.7 Å². The van der Waals surface area contributed by atoms with Crippen molar-refractivity contribution in [3.8, 4) is 5.69 Å². The monoisotopic (exact) mass is 365 g/mol. The minimum Gasteiger partial charge on any atom is -0.454 e. The van der Waals surface area contributed by atoms with Crippen LogP contribution < -0.4 is 0 Å². The Labute approximate surface area is 158 Å². The van der Waals surface area contributed by atoms with Crippen molar-refractivity contribution in [2.75, 3.05) is 6.61 Å². The van der Waals surface area contributed by atoms with Crippen LogP contribution in [0.2, 0.25) is 0 Å². The van der Waals surface area contributed by atoms with Gasteiger partial charge in [0.05, 0.1) is 17.1 Å². The number of carbonyl (C=O) groups excluding carboxylic acids is 2. The number of Topliss-reactive ketones (excluding diaryl/α,β-unsaturated/α-hetero) is 1. The van der Waals surface area contributed by atoms with Gasteiger partial charge in [0.15, 0.2) is 6.61 Å². The Morgan fingerprint density at radius 1 is 1.04 bits per heavy atom. The summed E-state index contributed by atoms with van der Waals surface area (Å²) in [6, 6.07) is 11.4. The number of aryl methyl sites for hydroxylation is 2. The first kappa shape index (κ1) is 18.6. The molecule has 0 aliphatic heterocycles. The number of carbonyl (C=O) groups is 2. The van der Waals surface area contributed by atoms with E-state index in [9.17, 15) is 9.59 Å². The molecule has 0 amide bonds. The second-order valence-electron chi connectivity index (χ2n) is 6.64. The van der Waals surface area contributed by atoms with Crippen molar-refractivity contribution in [1.82, 2.24) is 14.3 Å². The van der Waals surface area contributed by atoms with Crippen molar-refractivity contribution < 1.29 is 14.3 Å². The number of benzene rings is 1. The van der Waals surface area contributed by atoms with Gasteiger partial charge >= 0.3 is 5.97 Å². The van der Waals surface area contributed by atoms with Gasteiger partial charge in [0.1, 0.15) is 5.56 Å². The summed E-state index contributed by atoms with van der Waals surface area (Å²) in [6.45, 7) is 7.09. The molecule has 6 nitrogen and oxygen atoms in total. The number of ketones is 1. The number of hydrogen-bond donors (Lipinski definition) is 0. The highest BCUT2D eigenvalue weighted by atomic mass is 16.5. The average Bonchev–Trinajstić information content (AvgIpc) is 3.10. The molecule has 0 aliphatic rings. The number of rotatable bonds is 5. The zero-order valence-corrected chi connectivity index (χ0v) is 16.2. The Balaban J connectivity index is 1.78. The predicted octanol–water partition coefficient (Wildman–Crippen LogP) is 3.48. The molecular formula is C21H23N3O3. The van der Waals surface area contributed by atoms with Crippen molar-refractivity contribution in [3.05, 3.63) is 70.3 Å². The molecule has 0 spiro atoms. The summed E-state index contributed by atoms with van der Waals surface area (Å²) >= 11 is 0. The summed E-state index contributed by atoms with van der Waals surface area (Å²) in [5.41, 5.74) is 4.94. The van der Waals surface area contributed by atoms with E-state index in [2.05, 4.69) is 5.10 Å². The molecule has 6 heteroatoms. The van der Waals surface area contributed by atoms with E-state index in [4.69, 9.17) is 4.74 Å². The van der Waals surface area contributed by atoms with E-state index in [0.717, 1.165) is 17.1 Å². The van der Waals surface area contributed by atoms with Gasteiger partial charge in [-0.05, 0) is 45.9 Å². The number of nitrogens with zero attached hydrogens (tertiary/aromatic N) is 3. The SMILES string of the molecule is Cc1nn(-c2ccccc2)c(C)c1C(=O)OCC(=O)c1cc(C)n(C)c1C. The zero-order valence-electron chi connectivity index (χ0n) is 16.2. The first-order valence-corrected chi connectivity index (χ1v) is 8.76. The summed E-state index contributed by atoms with van der Waals surface area (Å²) in [6.07, 6.45) is 0. The van der Waals surface area contributed by atoms with E-state index in [-0.39, 0.29) is 12.4 Å². The van der Waals surface area contributed by atoms with Crippen LogP contribution in [0.15, 0.2) is 36.4 Å². The van der Waals surface area contributed by atoms with E-state index in [0.29, 0.717) is 22.5 Å². The van der Waals surface area contributed by atoms with Crippen molar-refractivity contribution in [2.24, 2.45) is 7.05 Å². The summed E-state index contributed by atoms with van der Waals surface area (Å²) in [7, 11) is 1.90. The molecule has 0 aliphatic carbocycles. The molecule has 3 aromatic rings. The van der Waals surface area contributed by atoms with E-state index in [1.54, 1.807) is 11.6 Å². The van der Waals surface area contributed by atoms with Crippen LogP contribution in [0.25, 0.3) is 5.69 Å². The average molecular weight is 365 g/mol. The molecule has 3 rings (SSSR count). The zero-order chi connectivity index (χ0) is 19.7. The first-order valence-electron chi connectivity index (χ1n) is 8.76. The Hall–Kier alpha value is -3.15. The van der Waals surface area contributed by atoms with E-state index >= 15 is 0 Å². The molecule has 1 aromatic carbocycles. The predicted molar refractivity (Wildman–Crippen MR) is 103 cm³/mol. The van der Waals surface area contributed by atoms with Crippen LogP contribution in [-0.2, 0) is 11.8 Å². The van der Waals surface area contributed by atoms with E-state index in [1.165, 1.54) is 0 Å². The lowest BCUT2D eigenvalue weighted by Gasteiger charge is -2.06. The maximum absolute atomic E-state index is 12.6. The van der Waals surface area contributed by atoms with Gasteiger partial charge in [0.2, 0.25) is 5.78 Å². The normalized spacial score (nSPS) is 10.9. The van der Waals surface area contributed by atoms with Crippen LogP contribution in [0.3, 0.4) is 0 Å². The molecule has 0 saturated carbocycles. The fraction of sp³-hybridized carbons (Fsp3) is 0.286. The fourth-order valence-corrected chi connectivity index (χ4v) is 3.18. The minimum absolute atomic E-state index is 0.213. The number of ether oxygens (including phenoxy) is 1. The molecule has 0 radical (unpaired) electrons. The van der Waals surface area contributed by atoms with Crippen LogP contribution in [0, 0.1) is 27.7 Å². The lowest BCUT2D eigenvalue weighted by Crippen LogP contribution is -2.16. The minimum atomic E-state index is -0.536. The molecular weight excluding hydrogens is 342 g/mol. The van der Waals surface area contributed by atoms with Gasteiger partial charge in [-0.25, -0.2) is 9.48 Å². The van der Waals surface area contributed by atoms with Crippen LogP contribution in [0.1, 0.15) is 43.5 Å². The summed E-state index contributed by atoms with van der Waals surface area (Å²) in [4.78, 5) is 25.0. The third kappa shape index (κ3) is 3.43. The fourth-order valence-electron chi connectivity index (χ4n) is 3.18. The Kier molecular flexibility index (Phi) is 4.99. The topological polar surface area (TPSA) is 66.1 Å². The Bertz CT molecular complexity index is 1010. The standard InChI is InChI=1S/C21H23N3O3/c1-13-11-18(15(3)23(13)5)19(25)12-27-21(26)20-14(2)22-24(16(20)4)17-9-7-6-8-10-17/h6-11H,12H2,1-5H3. The third-order valence-electron chi connectivity index (χ3n) is 4.91. The summed E-state index contributed by atoms with van der Waals surface area (Å²) in [5.74, 6) is -0.749. The Morgan fingerprint density at radius 3 is 2.30 bits per heavy atom. The highest BCUT2D eigenvalue weighted by Crippen LogP contribution is 2.19. The molecule has 0 unspecified atom stereocenters. The van der Waals surface area contributed by atoms with Crippen LogP contribution in [0.5, 0.6) is 0 Å². The summed E-state index contributed by atoms with van der Waals surface area (Å²) in [5, 5.41) is 4.44. The molecule has 2 aromatic heterocycles. The lowest BCUT2D eigenvalue weighted by molar-refractivity contribution is 0.0473. The second-order valence-corrected chi connectivity index (χ2v) is 6.64. The number of hydrogen-bond acceptors (Lipinski definition) is 4. The van der Waals surface area contributed by atoms with Gasteiger partial charge in [0.25, 0.3) is 0 Å². The maximum atomic E-state index is 12.6. The largest absolute Gasteiger partial charge is 0.454 e. The molecule has 0 bridgehead atoms. The van der Waals surface area contributed by atoms with Gasteiger partial charge in [-0.3, -0.25) is 4.79 Å². The number of aromatic nitrogens is 3. The van der Waals surface area contributed by atoms with Crippen molar-refractivity contribution >= 4 is 11.8 Å². The third-order valence-corrected chi connectivity index (χ3v) is 4.91. The second kappa shape index (κ2) is 7.23. The first-order chi connectivity index (χ1) is 12.8. The highest BCUT2D eigenvalue weighted by molar-refractivity contribution is 6.00. The van der Waals surface area contributed by atoms with E-state index < -0.39 is 5.97 Å². The molecule has 27 heavy (non-hydrogen) atoms. The van der Waals surface area contributed by atoms with Gasteiger partial charge < -0.3 is 9.30 Å². The highest BCUT2D eigenvalue weighted by Gasteiger charge is 2.22. The molecule has 0 atom stereocenters. The number of para-hydroxylation sites is 1. The smallest absolute Gasteiger partial charge is 0.342 e. The summed E-state index contributed by atoms with van der Waals surface area (Å²) < 4.78 is 8.95. The maximum Gasteiger partial charge on any atom is 0.342 e. The van der Waals surface area contributed by atoms with Gasteiger partial charge in [-0.15, -0.1) is 0 Å². The van der Waals surface area contributed by atoms with Gasteiger partial charge in [0, 0.05) is 24.0 Å².